The van der Waals surface area contributed by atoms with Gasteiger partial charge < -0.3 is 18.9 Å². The Morgan fingerprint density at radius 1 is 0.892 bits per heavy atom. The van der Waals surface area contributed by atoms with Crippen LogP contribution in [0.4, 0.5) is 0 Å². The van der Waals surface area contributed by atoms with E-state index in [1.165, 1.54) is 16.6 Å². The highest BCUT2D eigenvalue weighted by molar-refractivity contribution is 7.89. The van der Waals surface area contributed by atoms with Crippen molar-refractivity contribution in [3.05, 3.63) is 54.6 Å². The van der Waals surface area contributed by atoms with Gasteiger partial charge >= 0.3 is 0 Å². The van der Waals surface area contributed by atoms with Gasteiger partial charge in [-0.1, -0.05) is 13.3 Å². The van der Waals surface area contributed by atoms with Crippen molar-refractivity contribution in [3.8, 4) is 34.5 Å². The summed E-state index contributed by atoms with van der Waals surface area (Å²) in [6, 6.07) is 15.0. The van der Waals surface area contributed by atoms with Crippen LogP contribution in [0.2, 0.25) is 0 Å². The fraction of sp³-hybridized carbons (Fsp3) is 0.320. The fourth-order valence-corrected chi connectivity index (χ4v) is 4.48. The van der Waals surface area contributed by atoms with Crippen molar-refractivity contribution in [2.75, 3.05) is 34.0 Å². The average molecular weight is 528 g/mol. The Morgan fingerprint density at radius 3 is 2.41 bits per heavy atom. The normalized spacial score (nSPS) is 11.4. The summed E-state index contributed by atoms with van der Waals surface area (Å²) in [6.07, 6.45) is 1.97. The molecular formula is C25H29N5O6S. The molecule has 2 aromatic carbocycles. The van der Waals surface area contributed by atoms with Gasteiger partial charge in [-0.3, -0.25) is 0 Å². The third-order valence-electron chi connectivity index (χ3n) is 5.43. The largest absolute Gasteiger partial charge is 0.497 e. The van der Waals surface area contributed by atoms with E-state index in [0.717, 1.165) is 12.8 Å². The van der Waals surface area contributed by atoms with Crippen LogP contribution in [0.25, 0.3) is 17.0 Å². The maximum atomic E-state index is 12.6. The van der Waals surface area contributed by atoms with Crippen LogP contribution in [0, 0.1) is 0 Å². The highest BCUT2D eigenvalue weighted by Crippen LogP contribution is 2.32. The number of fused-ring (bicyclic) bond motifs is 1. The molecule has 0 aliphatic carbocycles. The summed E-state index contributed by atoms with van der Waals surface area (Å²) in [7, 11) is -0.560. The number of ether oxygens (including phenoxy) is 4. The SMILES string of the molecule is CCCCOc1ccc(S(=O)(=O)NCCOc2ccc3nnc(-c4cc(OC)ccc4OC)n3n2)cc1. The highest BCUT2D eigenvalue weighted by Gasteiger charge is 2.17. The van der Waals surface area contributed by atoms with E-state index in [2.05, 4.69) is 26.9 Å². The Hall–Kier alpha value is -3.90. The minimum Gasteiger partial charge on any atom is -0.497 e. The molecule has 0 aliphatic heterocycles. The summed E-state index contributed by atoms with van der Waals surface area (Å²) in [5.74, 6) is 2.57. The standard InChI is InChI=1S/C25H29N5O6S/c1-4-5-15-35-18-6-9-20(10-7-18)37(31,32)26-14-16-36-24-13-12-23-27-28-25(30(23)29-24)21-17-19(33-2)8-11-22(21)34-3/h6-13,17,26H,4-5,14-16H2,1-3H3. The van der Waals surface area contributed by atoms with Gasteiger partial charge in [0.15, 0.2) is 11.5 Å². The van der Waals surface area contributed by atoms with E-state index in [-0.39, 0.29) is 23.9 Å². The second-order valence-corrected chi connectivity index (χ2v) is 9.72. The Balaban J connectivity index is 1.40. The Kier molecular flexibility index (Phi) is 8.41. The zero-order valence-electron chi connectivity index (χ0n) is 20.9. The predicted octanol–water partition coefficient (Wildman–Crippen LogP) is 3.34. The first-order valence-corrected chi connectivity index (χ1v) is 13.2. The van der Waals surface area contributed by atoms with E-state index in [0.29, 0.717) is 40.9 Å². The number of nitrogens with one attached hydrogen (secondary N) is 1. The average Bonchev–Trinajstić information content (AvgIpc) is 3.34. The van der Waals surface area contributed by atoms with Gasteiger partial charge in [0, 0.05) is 12.6 Å². The number of unbranched alkanes of at least 4 members (excludes halogenated alkanes) is 1. The first-order chi connectivity index (χ1) is 17.9. The van der Waals surface area contributed by atoms with E-state index >= 15 is 0 Å². The lowest BCUT2D eigenvalue weighted by molar-refractivity contribution is 0.305. The second kappa shape index (κ2) is 11.9. The lowest BCUT2D eigenvalue weighted by atomic mass is 10.2. The van der Waals surface area contributed by atoms with Crippen molar-refractivity contribution >= 4 is 15.7 Å². The molecule has 12 heteroatoms. The fourth-order valence-electron chi connectivity index (χ4n) is 3.47. The molecule has 4 rings (SSSR count). The first-order valence-electron chi connectivity index (χ1n) is 11.8. The van der Waals surface area contributed by atoms with Crippen LogP contribution < -0.4 is 23.7 Å². The summed E-state index contributed by atoms with van der Waals surface area (Å²) >= 11 is 0. The van der Waals surface area contributed by atoms with Gasteiger partial charge in [0.1, 0.15) is 23.9 Å². The maximum absolute atomic E-state index is 12.6. The highest BCUT2D eigenvalue weighted by atomic mass is 32.2. The van der Waals surface area contributed by atoms with Crippen LogP contribution in [-0.2, 0) is 10.0 Å². The van der Waals surface area contributed by atoms with Crippen LogP contribution in [0.5, 0.6) is 23.1 Å². The van der Waals surface area contributed by atoms with E-state index in [1.807, 2.05) is 0 Å². The molecule has 0 aliphatic rings. The van der Waals surface area contributed by atoms with Crippen molar-refractivity contribution in [1.82, 2.24) is 24.5 Å². The number of hydrogen-bond donors (Lipinski definition) is 1. The molecule has 196 valence electrons. The summed E-state index contributed by atoms with van der Waals surface area (Å²) in [5, 5.41) is 12.8. The molecule has 37 heavy (non-hydrogen) atoms. The monoisotopic (exact) mass is 527 g/mol. The van der Waals surface area contributed by atoms with Crippen molar-refractivity contribution < 1.29 is 27.4 Å². The molecule has 4 aromatic rings. The molecule has 0 unspecified atom stereocenters. The second-order valence-electron chi connectivity index (χ2n) is 7.95. The van der Waals surface area contributed by atoms with Crippen molar-refractivity contribution in [3.63, 3.8) is 0 Å². The molecule has 0 radical (unpaired) electrons. The number of nitrogens with zero attached hydrogens (tertiary/aromatic N) is 4. The van der Waals surface area contributed by atoms with Gasteiger partial charge in [0.25, 0.3) is 0 Å². The number of benzene rings is 2. The molecule has 2 aromatic heterocycles. The molecule has 1 N–H and O–H groups in total. The molecule has 0 bridgehead atoms. The third kappa shape index (κ3) is 6.27. The Labute approximate surface area is 215 Å². The van der Waals surface area contributed by atoms with E-state index in [1.54, 1.807) is 56.7 Å². The van der Waals surface area contributed by atoms with Gasteiger partial charge in [-0.05, 0) is 55.0 Å². The minimum absolute atomic E-state index is 0.0511. The number of rotatable bonds is 13. The van der Waals surface area contributed by atoms with Crippen LogP contribution in [-0.4, -0.2) is 62.2 Å². The molecule has 0 saturated heterocycles. The topological polar surface area (TPSA) is 126 Å². The van der Waals surface area contributed by atoms with Gasteiger partial charge in [-0.15, -0.1) is 15.3 Å². The summed E-state index contributed by atoms with van der Waals surface area (Å²) < 4.78 is 51.3. The van der Waals surface area contributed by atoms with Crippen molar-refractivity contribution in [2.24, 2.45) is 0 Å². The number of aromatic nitrogens is 4. The van der Waals surface area contributed by atoms with Gasteiger partial charge in [0.2, 0.25) is 15.9 Å². The molecule has 0 spiro atoms. The Bertz CT molecular complexity index is 1440. The zero-order chi connectivity index (χ0) is 26.3. The van der Waals surface area contributed by atoms with Gasteiger partial charge in [0.05, 0.1) is 31.3 Å². The van der Waals surface area contributed by atoms with Gasteiger partial charge in [-0.25, -0.2) is 13.1 Å². The third-order valence-corrected chi connectivity index (χ3v) is 6.91. The Morgan fingerprint density at radius 2 is 1.68 bits per heavy atom. The lowest BCUT2D eigenvalue weighted by Crippen LogP contribution is -2.28. The van der Waals surface area contributed by atoms with Crippen LogP contribution >= 0.6 is 0 Å². The van der Waals surface area contributed by atoms with Crippen LogP contribution in [0.3, 0.4) is 0 Å². The molecule has 0 fully saturated rings. The van der Waals surface area contributed by atoms with Crippen molar-refractivity contribution in [1.29, 1.82) is 0 Å². The number of hydrogen-bond acceptors (Lipinski definition) is 9. The van der Waals surface area contributed by atoms with Crippen LogP contribution in [0.1, 0.15) is 19.8 Å². The molecule has 0 atom stereocenters. The number of methoxy groups -OCH3 is 2. The quantitative estimate of drug-likeness (QED) is 0.261. The molecule has 0 saturated carbocycles. The molecule has 2 heterocycles. The molecule has 11 nitrogen and oxygen atoms in total. The molecule has 0 amide bonds. The predicted molar refractivity (Wildman–Crippen MR) is 137 cm³/mol. The van der Waals surface area contributed by atoms with Gasteiger partial charge in [-0.2, -0.15) is 4.52 Å². The molecular weight excluding hydrogens is 498 g/mol. The van der Waals surface area contributed by atoms with E-state index in [9.17, 15) is 8.42 Å². The number of sulfonamides is 1. The minimum atomic E-state index is -3.70. The zero-order valence-corrected chi connectivity index (χ0v) is 21.7. The maximum Gasteiger partial charge on any atom is 0.240 e. The lowest BCUT2D eigenvalue weighted by Gasteiger charge is -2.10. The summed E-state index contributed by atoms with van der Waals surface area (Å²) in [5.41, 5.74) is 1.16. The van der Waals surface area contributed by atoms with E-state index in [4.69, 9.17) is 18.9 Å². The first kappa shape index (κ1) is 26.2. The van der Waals surface area contributed by atoms with Crippen molar-refractivity contribution in [2.45, 2.75) is 24.7 Å². The summed E-state index contributed by atoms with van der Waals surface area (Å²) in [6.45, 7) is 2.79. The smallest absolute Gasteiger partial charge is 0.240 e. The van der Waals surface area contributed by atoms with E-state index < -0.39 is 10.0 Å². The summed E-state index contributed by atoms with van der Waals surface area (Å²) in [4.78, 5) is 0.149. The van der Waals surface area contributed by atoms with Crippen LogP contribution in [0.15, 0.2) is 59.5 Å².